The van der Waals surface area contributed by atoms with Crippen molar-refractivity contribution in [3.8, 4) is 0 Å². The summed E-state index contributed by atoms with van der Waals surface area (Å²) in [5, 5.41) is 6.78. The molecule has 2 atom stereocenters. The molecule has 1 aliphatic heterocycles. The van der Waals surface area contributed by atoms with Crippen LogP contribution >= 0.6 is 0 Å². The predicted octanol–water partition coefficient (Wildman–Crippen LogP) is 2.06. The monoisotopic (exact) mass is 299 g/mol. The lowest BCUT2D eigenvalue weighted by Gasteiger charge is -2.23. The topological polar surface area (TPSA) is 74.0 Å². The maximum atomic E-state index is 12.2. The molecule has 1 aromatic heterocycles. The summed E-state index contributed by atoms with van der Waals surface area (Å²) >= 11 is 0. The van der Waals surface area contributed by atoms with Crippen molar-refractivity contribution in [1.29, 1.82) is 0 Å². The van der Waals surface area contributed by atoms with Gasteiger partial charge in [0.25, 0.3) is 0 Å². The Kier molecular flexibility index (Phi) is 4.13. The first kappa shape index (κ1) is 14.6. The molecule has 1 saturated heterocycles. The highest BCUT2D eigenvalue weighted by Gasteiger charge is 2.24. The van der Waals surface area contributed by atoms with E-state index in [2.05, 4.69) is 21.7 Å². The molecule has 0 aliphatic carbocycles. The average molecular weight is 299 g/mol. The van der Waals surface area contributed by atoms with E-state index in [4.69, 9.17) is 0 Å². The van der Waals surface area contributed by atoms with E-state index in [1.807, 2.05) is 31.3 Å². The molecule has 116 valence electrons. The van der Waals surface area contributed by atoms with E-state index in [1.54, 1.807) is 0 Å². The minimum atomic E-state index is -0.378. The Morgan fingerprint density at radius 2 is 2.23 bits per heavy atom. The van der Waals surface area contributed by atoms with Crippen molar-refractivity contribution in [3.63, 3.8) is 0 Å². The number of carbonyl (C=O) groups excluding carboxylic acids is 2. The van der Waals surface area contributed by atoms with E-state index < -0.39 is 0 Å². The second-order valence-corrected chi connectivity index (χ2v) is 5.95. The zero-order chi connectivity index (χ0) is 15.5. The van der Waals surface area contributed by atoms with Crippen LogP contribution in [0.1, 0.15) is 37.7 Å². The molecule has 1 unspecified atom stereocenters. The van der Waals surface area contributed by atoms with Crippen LogP contribution in [-0.4, -0.2) is 29.4 Å². The molecule has 2 amide bonds. The Morgan fingerprint density at radius 3 is 3.05 bits per heavy atom. The van der Waals surface area contributed by atoms with Crippen LogP contribution in [-0.2, 0) is 9.59 Å². The lowest BCUT2D eigenvalue weighted by Crippen LogP contribution is -2.50. The highest BCUT2D eigenvalue weighted by Crippen LogP contribution is 2.27. The van der Waals surface area contributed by atoms with Crippen molar-refractivity contribution >= 4 is 22.7 Å². The molecule has 0 bridgehead atoms. The maximum Gasteiger partial charge on any atom is 0.242 e. The molecule has 1 aliphatic rings. The number of amides is 2. The van der Waals surface area contributed by atoms with Crippen LogP contribution in [0.25, 0.3) is 10.9 Å². The van der Waals surface area contributed by atoms with E-state index in [-0.39, 0.29) is 23.8 Å². The van der Waals surface area contributed by atoms with Gasteiger partial charge in [-0.25, -0.2) is 0 Å². The number of fused-ring (bicyclic) bond motifs is 1. The number of para-hydroxylation sites is 1. The smallest absolute Gasteiger partial charge is 0.242 e. The second-order valence-electron chi connectivity index (χ2n) is 5.95. The summed E-state index contributed by atoms with van der Waals surface area (Å²) in [6, 6.07) is 7.69. The van der Waals surface area contributed by atoms with Crippen molar-refractivity contribution in [1.82, 2.24) is 15.6 Å². The number of H-pyrrole nitrogens is 1. The third kappa shape index (κ3) is 2.98. The van der Waals surface area contributed by atoms with Gasteiger partial charge in [-0.3, -0.25) is 9.59 Å². The van der Waals surface area contributed by atoms with Crippen molar-refractivity contribution in [2.24, 2.45) is 0 Å². The Labute approximate surface area is 129 Å². The van der Waals surface area contributed by atoms with Gasteiger partial charge in [0.2, 0.25) is 11.8 Å². The Balaban J connectivity index is 1.64. The lowest BCUT2D eigenvalue weighted by atomic mass is 9.96. The van der Waals surface area contributed by atoms with E-state index in [0.717, 1.165) is 29.3 Å². The SMILES string of the molecule is CC(CC(=O)N[C@H]1CCCNC1=O)c1c[nH]c2ccccc12. The fourth-order valence-electron chi connectivity index (χ4n) is 3.05. The van der Waals surface area contributed by atoms with Gasteiger partial charge in [-0.1, -0.05) is 25.1 Å². The number of rotatable bonds is 4. The summed E-state index contributed by atoms with van der Waals surface area (Å²) in [6.07, 6.45) is 3.98. The van der Waals surface area contributed by atoms with E-state index in [0.29, 0.717) is 13.0 Å². The second kappa shape index (κ2) is 6.22. The predicted molar refractivity (Wildman–Crippen MR) is 85.5 cm³/mol. The van der Waals surface area contributed by atoms with Crippen LogP contribution in [0.15, 0.2) is 30.5 Å². The number of aromatic nitrogens is 1. The number of nitrogens with one attached hydrogen (secondary N) is 3. The third-order valence-electron chi connectivity index (χ3n) is 4.26. The van der Waals surface area contributed by atoms with Crippen molar-refractivity contribution in [2.45, 2.75) is 38.1 Å². The molecule has 2 aromatic rings. The molecular formula is C17H21N3O2. The number of hydrogen-bond acceptors (Lipinski definition) is 2. The van der Waals surface area contributed by atoms with Crippen molar-refractivity contribution in [3.05, 3.63) is 36.0 Å². The zero-order valence-corrected chi connectivity index (χ0v) is 12.7. The highest BCUT2D eigenvalue weighted by atomic mass is 16.2. The Hall–Kier alpha value is -2.30. The molecule has 1 fully saturated rings. The van der Waals surface area contributed by atoms with Crippen LogP contribution in [0.3, 0.4) is 0 Å². The van der Waals surface area contributed by atoms with Gasteiger partial charge in [-0.15, -0.1) is 0 Å². The Morgan fingerprint density at radius 1 is 1.41 bits per heavy atom. The number of aromatic amines is 1. The molecule has 5 nitrogen and oxygen atoms in total. The van der Waals surface area contributed by atoms with Gasteiger partial charge in [0.05, 0.1) is 0 Å². The molecular weight excluding hydrogens is 278 g/mol. The summed E-state index contributed by atoms with van der Waals surface area (Å²) in [5.41, 5.74) is 2.22. The molecule has 1 aromatic carbocycles. The minimum absolute atomic E-state index is 0.0696. The molecule has 0 spiro atoms. The van der Waals surface area contributed by atoms with Gasteiger partial charge < -0.3 is 15.6 Å². The molecule has 22 heavy (non-hydrogen) atoms. The van der Waals surface area contributed by atoms with Gasteiger partial charge in [-0.05, 0) is 30.4 Å². The van der Waals surface area contributed by atoms with E-state index in [1.165, 1.54) is 0 Å². The zero-order valence-electron chi connectivity index (χ0n) is 12.7. The van der Waals surface area contributed by atoms with Crippen LogP contribution in [0.4, 0.5) is 0 Å². The molecule has 3 rings (SSSR count). The normalized spacial score (nSPS) is 19.7. The summed E-state index contributed by atoms with van der Waals surface area (Å²) in [6.45, 7) is 2.74. The summed E-state index contributed by atoms with van der Waals surface area (Å²) < 4.78 is 0. The third-order valence-corrected chi connectivity index (χ3v) is 4.26. The summed E-state index contributed by atoms with van der Waals surface area (Å²) in [7, 11) is 0. The number of carbonyl (C=O) groups is 2. The standard InChI is InChI=1S/C17H21N3O2/c1-11(13-10-19-14-6-3-2-5-12(13)14)9-16(21)20-15-7-4-8-18-17(15)22/h2-3,5-6,10-11,15,19H,4,7-9H2,1H3,(H,18,22)(H,20,21)/t11?,15-/m0/s1. The quantitative estimate of drug-likeness (QED) is 0.808. The van der Waals surface area contributed by atoms with Gasteiger partial charge in [-0.2, -0.15) is 0 Å². The number of benzene rings is 1. The fraction of sp³-hybridized carbons (Fsp3) is 0.412. The Bertz CT molecular complexity index is 692. The molecule has 0 radical (unpaired) electrons. The van der Waals surface area contributed by atoms with Crippen molar-refractivity contribution < 1.29 is 9.59 Å². The molecule has 5 heteroatoms. The molecule has 2 heterocycles. The van der Waals surface area contributed by atoms with E-state index in [9.17, 15) is 9.59 Å². The van der Waals surface area contributed by atoms with Crippen molar-refractivity contribution in [2.75, 3.05) is 6.54 Å². The highest BCUT2D eigenvalue weighted by molar-refractivity contribution is 5.89. The van der Waals surface area contributed by atoms with E-state index >= 15 is 0 Å². The maximum absolute atomic E-state index is 12.2. The first-order valence-corrected chi connectivity index (χ1v) is 7.78. The first-order valence-electron chi connectivity index (χ1n) is 7.78. The first-order chi connectivity index (χ1) is 10.6. The fourth-order valence-corrected chi connectivity index (χ4v) is 3.05. The minimum Gasteiger partial charge on any atom is -0.361 e. The summed E-state index contributed by atoms with van der Waals surface area (Å²) in [4.78, 5) is 27.1. The van der Waals surface area contributed by atoms with Gasteiger partial charge in [0.1, 0.15) is 6.04 Å². The van der Waals surface area contributed by atoms with Crippen LogP contribution in [0, 0.1) is 0 Å². The van der Waals surface area contributed by atoms with Crippen LogP contribution in [0.2, 0.25) is 0 Å². The number of hydrogen-bond donors (Lipinski definition) is 3. The molecule has 0 saturated carbocycles. The molecule has 3 N–H and O–H groups in total. The average Bonchev–Trinajstić information content (AvgIpc) is 2.93. The lowest BCUT2D eigenvalue weighted by molar-refractivity contribution is -0.130. The largest absolute Gasteiger partial charge is 0.361 e. The number of piperidine rings is 1. The van der Waals surface area contributed by atoms with Crippen LogP contribution < -0.4 is 10.6 Å². The van der Waals surface area contributed by atoms with Gasteiger partial charge in [0.15, 0.2) is 0 Å². The van der Waals surface area contributed by atoms with Gasteiger partial charge >= 0.3 is 0 Å². The van der Waals surface area contributed by atoms with Gasteiger partial charge in [0, 0.05) is 30.1 Å². The summed E-state index contributed by atoms with van der Waals surface area (Å²) in [5.74, 6) is -0.0398. The van der Waals surface area contributed by atoms with Crippen LogP contribution in [0.5, 0.6) is 0 Å².